The average Bonchev–Trinajstić information content (AvgIpc) is 3.19. The normalized spacial score (nSPS) is 15.3. The number of ketones is 1. The highest BCUT2D eigenvalue weighted by molar-refractivity contribution is 6.30. The van der Waals surface area contributed by atoms with Crippen molar-refractivity contribution >= 4 is 17.4 Å². The van der Waals surface area contributed by atoms with Gasteiger partial charge in [-0.1, -0.05) is 42.8 Å². The average molecular weight is 499 g/mol. The predicted molar refractivity (Wildman–Crippen MR) is 135 cm³/mol. The Morgan fingerprint density at radius 1 is 1.17 bits per heavy atom. The van der Waals surface area contributed by atoms with E-state index in [1.807, 2.05) is 30.3 Å². The number of carbonyl (C=O) groups is 1. The molecular formula is C26H31ClN4O4. The molecule has 1 aliphatic rings. The van der Waals surface area contributed by atoms with Crippen LogP contribution in [0.1, 0.15) is 18.9 Å². The van der Waals surface area contributed by atoms with Gasteiger partial charge < -0.3 is 9.84 Å². The van der Waals surface area contributed by atoms with Crippen molar-refractivity contribution in [1.29, 1.82) is 0 Å². The number of ether oxygens (including phenoxy) is 1. The number of aliphatic hydroxyl groups is 1. The van der Waals surface area contributed by atoms with Crippen LogP contribution in [-0.2, 0) is 22.5 Å². The fourth-order valence-corrected chi connectivity index (χ4v) is 4.35. The lowest BCUT2D eigenvalue weighted by Crippen LogP contribution is -2.37. The molecule has 1 unspecified atom stereocenters. The highest BCUT2D eigenvalue weighted by Crippen LogP contribution is 2.21. The fourth-order valence-electron chi connectivity index (χ4n) is 4.16. The predicted octanol–water partition coefficient (Wildman–Crippen LogP) is 2.82. The number of benzene rings is 2. The second kappa shape index (κ2) is 11.8. The van der Waals surface area contributed by atoms with Crippen LogP contribution in [0.2, 0.25) is 5.02 Å². The van der Waals surface area contributed by atoms with E-state index < -0.39 is 5.69 Å². The van der Waals surface area contributed by atoms with Gasteiger partial charge in [0.25, 0.3) is 0 Å². The Labute approximate surface area is 209 Å². The highest BCUT2D eigenvalue weighted by Gasteiger charge is 2.20. The summed E-state index contributed by atoms with van der Waals surface area (Å²) in [6, 6.07) is 14.8. The van der Waals surface area contributed by atoms with Gasteiger partial charge in [0.05, 0.1) is 25.4 Å². The maximum Gasteiger partial charge on any atom is 0.351 e. The van der Waals surface area contributed by atoms with Crippen LogP contribution in [0.15, 0.2) is 53.3 Å². The number of aromatic nitrogens is 3. The van der Waals surface area contributed by atoms with Crippen molar-refractivity contribution < 1.29 is 14.6 Å². The number of carbonyl (C=O) groups excluding carboxylic acids is 1. The molecule has 2 aromatic carbocycles. The van der Waals surface area contributed by atoms with Crippen molar-refractivity contribution in [3.8, 4) is 17.1 Å². The molecule has 1 N–H and O–H groups in total. The summed E-state index contributed by atoms with van der Waals surface area (Å²) in [5.41, 5.74) is 2.06. The van der Waals surface area contributed by atoms with Gasteiger partial charge in [-0.3, -0.25) is 14.3 Å². The quantitative estimate of drug-likeness (QED) is 0.462. The van der Waals surface area contributed by atoms with Gasteiger partial charge in [0.1, 0.15) is 0 Å². The van der Waals surface area contributed by atoms with E-state index in [4.69, 9.17) is 16.3 Å². The summed E-state index contributed by atoms with van der Waals surface area (Å²) in [7, 11) is 0. The Morgan fingerprint density at radius 3 is 2.60 bits per heavy atom. The molecule has 2 heterocycles. The summed E-state index contributed by atoms with van der Waals surface area (Å²) in [5.74, 6) is 0.0571. The van der Waals surface area contributed by atoms with Gasteiger partial charge in [0.15, 0.2) is 11.6 Å². The van der Waals surface area contributed by atoms with Crippen LogP contribution in [0.25, 0.3) is 17.1 Å². The molecule has 0 bridgehead atoms. The van der Waals surface area contributed by atoms with E-state index in [0.717, 1.165) is 39.3 Å². The molecular weight excluding hydrogens is 468 g/mol. The SMILES string of the molecule is CC(CO)CC(=O)Cn1c(-c2cccc(Cl)c2)nn(-c2ccc(CCN3CCOCC3)cc2)c1=O. The van der Waals surface area contributed by atoms with Crippen LogP contribution < -0.4 is 5.69 Å². The summed E-state index contributed by atoms with van der Waals surface area (Å²) in [6.07, 6.45) is 1.09. The third-order valence-electron chi connectivity index (χ3n) is 6.17. The number of morpholine rings is 1. The standard InChI is InChI=1S/C26H31ClN4O4/c1-19(18-32)15-24(33)17-30-25(21-3-2-4-22(27)16-21)28-31(26(30)34)23-7-5-20(6-8-23)9-10-29-11-13-35-14-12-29/h2-8,16,19,32H,9-15,17-18H2,1H3. The summed E-state index contributed by atoms with van der Waals surface area (Å²) in [6.45, 7) is 6.01. The largest absolute Gasteiger partial charge is 0.396 e. The smallest absolute Gasteiger partial charge is 0.351 e. The van der Waals surface area contributed by atoms with Gasteiger partial charge in [0.2, 0.25) is 0 Å². The minimum atomic E-state index is -0.397. The third kappa shape index (κ3) is 6.46. The van der Waals surface area contributed by atoms with Crippen LogP contribution in [0.3, 0.4) is 0 Å². The topological polar surface area (TPSA) is 89.6 Å². The molecule has 4 rings (SSSR count). The van der Waals surface area contributed by atoms with E-state index in [-0.39, 0.29) is 31.3 Å². The zero-order chi connectivity index (χ0) is 24.8. The monoisotopic (exact) mass is 498 g/mol. The van der Waals surface area contributed by atoms with Gasteiger partial charge >= 0.3 is 5.69 Å². The summed E-state index contributed by atoms with van der Waals surface area (Å²) < 4.78 is 8.11. The Morgan fingerprint density at radius 2 is 1.91 bits per heavy atom. The number of Topliss-reactive ketones (excluding diaryl/α,β-unsaturated/α-hetero) is 1. The number of rotatable bonds is 10. The molecule has 35 heavy (non-hydrogen) atoms. The summed E-state index contributed by atoms with van der Waals surface area (Å²) >= 11 is 6.18. The second-order valence-electron chi connectivity index (χ2n) is 9.02. The first-order chi connectivity index (χ1) is 16.9. The molecule has 0 spiro atoms. The first-order valence-corrected chi connectivity index (χ1v) is 12.3. The van der Waals surface area contributed by atoms with E-state index in [2.05, 4.69) is 10.00 Å². The van der Waals surface area contributed by atoms with E-state index >= 15 is 0 Å². The zero-order valence-electron chi connectivity index (χ0n) is 19.9. The van der Waals surface area contributed by atoms with Gasteiger partial charge in [0, 0.05) is 43.2 Å². The lowest BCUT2D eigenvalue weighted by molar-refractivity contribution is -0.120. The lowest BCUT2D eigenvalue weighted by Gasteiger charge is -2.26. The summed E-state index contributed by atoms with van der Waals surface area (Å²) in [4.78, 5) is 28.4. The van der Waals surface area contributed by atoms with Crippen LogP contribution in [0.5, 0.6) is 0 Å². The second-order valence-corrected chi connectivity index (χ2v) is 9.45. The molecule has 0 saturated carbocycles. The van der Waals surface area contributed by atoms with E-state index in [1.54, 1.807) is 25.1 Å². The van der Waals surface area contributed by atoms with Gasteiger partial charge in [-0.2, -0.15) is 4.68 Å². The molecule has 0 amide bonds. The van der Waals surface area contributed by atoms with Gasteiger partial charge in [-0.05, 0) is 42.2 Å². The molecule has 186 valence electrons. The van der Waals surface area contributed by atoms with E-state index in [9.17, 15) is 14.7 Å². The molecule has 9 heteroatoms. The molecule has 3 aromatic rings. The van der Waals surface area contributed by atoms with Crippen molar-refractivity contribution in [2.75, 3.05) is 39.5 Å². The number of hydrogen-bond acceptors (Lipinski definition) is 6. The van der Waals surface area contributed by atoms with Crippen LogP contribution in [0, 0.1) is 5.92 Å². The lowest BCUT2D eigenvalue weighted by atomic mass is 10.1. The van der Waals surface area contributed by atoms with Crippen LogP contribution >= 0.6 is 11.6 Å². The first-order valence-electron chi connectivity index (χ1n) is 11.9. The van der Waals surface area contributed by atoms with E-state index in [1.165, 1.54) is 14.8 Å². The Bertz CT molecular complexity index is 1200. The van der Waals surface area contributed by atoms with Crippen molar-refractivity contribution in [2.45, 2.75) is 26.3 Å². The molecule has 8 nitrogen and oxygen atoms in total. The van der Waals surface area contributed by atoms with E-state index in [0.29, 0.717) is 22.1 Å². The Kier molecular flexibility index (Phi) is 8.51. The molecule has 0 aliphatic carbocycles. The fraction of sp³-hybridized carbons (Fsp3) is 0.423. The number of nitrogens with zero attached hydrogens (tertiary/aromatic N) is 4. The zero-order valence-corrected chi connectivity index (χ0v) is 20.7. The van der Waals surface area contributed by atoms with Crippen molar-refractivity contribution in [2.24, 2.45) is 5.92 Å². The number of halogens is 1. The first kappa shape index (κ1) is 25.3. The Hall–Kier alpha value is -2.78. The molecule has 1 saturated heterocycles. The number of aliphatic hydroxyl groups excluding tert-OH is 1. The molecule has 1 atom stereocenters. The van der Waals surface area contributed by atoms with Crippen molar-refractivity contribution in [3.05, 3.63) is 69.6 Å². The van der Waals surface area contributed by atoms with Crippen LogP contribution in [-0.4, -0.2) is 69.6 Å². The Balaban J connectivity index is 1.59. The highest BCUT2D eigenvalue weighted by atomic mass is 35.5. The van der Waals surface area contributed by atoms with Crippen molar-refractivity contribution in [3.63, 3.8) is 0 Å². The molecule has 1 aromatic heterocycles. The third-order valence-corrected chi connectivity index (χ3v) is 6.40. The molecule has 1 fully saturated rings. The van der Waals surface area contributed by atoms with Crippen LogP contribution in [0.4, 0.5) is 0 Å². The molecule has 0 radical (unpaired) electrons. The van der Waals surface area contributed by atoms with Gasteiger partial charge in [-0.15, -0.1) is 5.10 Å². The number of hydrogen-bond donors (Lipinski definition) is 1. The maximum atomic E-state index is 13.4. The van der Waals surface area contributed by atoms with Crippen molar-refractivity contribution in [1.82, 2.24) is 19.2 Å². The molecule has 1 aliphatic heterocycles. The minimum Gasteiger partial charge on any atom is -0.396 e. The maximum absolute atomic E-state index is 13.4. The minimum absolute atomic E-state index is 0.0844. The van der Waals surface area contributed by atoms with Gasteiger partial charge in [-0.25, -0.2) is 4.79 Å². The summed E-state index contributed by atoms with van der Waals surface area (Å²) in [5, 5.41) is 14.4.